The Balaban J connectivity index is 0.000000591. The standard InChI is InChI=1S/C32H30N2P2.2C10H8N2.2C3H6O.2Ag.2ClHO4/c1-5-13-29(14-6-1)35(30-15-7-2-8-16-30)25-33-27-21-23-28(24-22-27)34-26-36(31-17-9-3-10-18-31)32-19-11-4-12-20-32;2*1-3-7-11-9(5-1)10-6-2-4-8-12-10;2*1-3(2)4;;;2*2-1(3,4)5/h1-24,33-34H,25-26H2;2*1-8H;2*1-2H3;;;2*(H,2,3,4,5)/q;;;;;2*+1;;. The third-order valence-electron chi connectivity index (χ3n) is 9.50. The molecule has 22 heteroatoms. The van der Waals surface area contributed by atoms with E-state index in [9.17, 15) is 9.59 Å². The third kappa shape index (κ3) is 35.1. The van der Waals surface area contributed by atoms with Gasteiger partial charge < -0.3 is 20.2 Å². The van der Waals surface area contributed by atoms with Crippen molar-refractivity contribution in [1.29, 1.82) is 0 Å². The summed E-state index contributed by atoms with van der Waals surface area (Å²) < 4.78 is 67.9. The van der Waals surface area contributed by atoms with Crippen molar-refractivity contribution in [3.63, 3.8) is 0 Å². The van der Waals surface area contributed by atoms with Gasteiger partial charge in [-0.3, -0.25) is 19.9 Å². The molecule has 9 rings (SSSR count). The van der Waals surface area contributed by atoms with Crippen molar-refractivity contribution in [1.82, 2.24) is 19.9 Å². The third-order valence-corrected chi connectivity index (χ3v) is 14.7. The van der Waals surface area contributed by atoms with Gasteiger partial charge in [0.1, 0.15) is 24.1 Å². The summed E-state index contributed by atoms with van der Waals surface area (Å²) in [7, 11) is -11.7. The van der Waals surface area contributed by atoms with Crippen LogP contribution in [0.4, 0.5) is 11.4 Å². The van der Waals surface area contributed by atoms with Crippen LogP contribution in [0.3, 0.4) is 0 Å². The summed E-state index contributed by atoms with van der Waals surface area (Å²) in [6, 6.07) is 75.5. The molecule has 80 heavy (non-hydrogen) atoms. The second-order valence-electron chi connectivity index (χ2n) is 16.1. The number of Topliss-reactive ketones (excluding diaryl/α,β-unsaturated/α-hetero) is 2. The molecule has 0 bridgehead atoms. The van der Waals surface area contributed by atoms with Crippen LogP contribution in [0, 0.1) is 20.5 Å². The molecule has 5 aromatic carbocycles. The Kier molecular flexibility index (Phi) is 37.3. The maximum absolute atomic E-state index is 9.44. The molecule has 426 valence electrons. The Morgan fingerprint density at radius 2 is 0.512 bits per heavy atom. The zero-order valence-corrected chi connectivity index (χ0v) is 50.2. The number of nitrogens with one attached hydrogen (secondary N) is 2. The first-order valence-corrected chi connectivity index (χ1v) is 29.5. The van der Waals surface area contributed by atoms with Gasteiger partial charge in [-0.15, -0.1) is 20.5 Å². The first kappa shape index (κ1) is 72.3. The van der Waals surface area contributed by atoms with Gasteiger partial charge in [-0.2, -0.15) is 0 Å². The molecule has 0 aliphatic heterocycles. The van der Waals surface area contributed by atoms with E-state index in [1.165, 1.54) is 48.9 Å². The van der Waals surface area contributed by atoms with Gasteiger partial charge in [0.25, 0.3) is 0 Å². The molecular formula is C58H60Ag2Cl2N6O10P2+2. The van der Waals surface area contributed by atoms with E-state index < -0.39 is 36.3 Å². The number of anilines is 2. The van der Waals surface area contributed by atoms with E-state index in [0.29, 0.717) is 0 Å². The number of halogens is 2. The van der Waals surface area contributed by atoms with Crippen molar-refractivity contribution in [2.24, 2.45) is 0 Å². The Morgan fingerprint density at radius 3 is 0.675 bits per heavy atom. The largest absolute Gasteiger partial charge is 1.00 e. The Morgan fingerprint density at radius 1 is 0.338 bits per heavy atom. The maximum Gasteiger partial charge on any atom is 1.00 e. The molecule has 2 N–H and O–H groups in total. The molecule has 0 aliphatic carbocycles. The van der Waals surface area contributed by atoms with Crippen molar-refractivity contribution in [2.45, 2.75) is 27.7 Å². The summed E-state index contributed by atoms with van der Waals surface area (Å²) >= 11 is 0. The molecule has 0 fully saturated rings. The van der Waals surface area contributed by atoms with E-state index in [-0.39, 0.29) is 56.3 Å². The number of hydrogen-bond acceptors (Lipinski definition) is 16. The van der Waals surface area contributed by atoms with Crippen LogP contribution in [-0.2, 0) is 54.3 Å². The van der Waals surface area contributed by atoms with Crippen molar-refractivity contribution < 1.29 is 112 Å². The summed E-state index contributed by atoms with van der Waals surface area (Å²) in [5.41, 5.74) is 5.98. The molecule has 9 aromatic rings. The number of carbonyl (C=O) groups excluding carboxylic acids is 2. The predicted molar refractivity (Wildman–Crippen MR) is 292 cm³/mol. The molecule has 4 heterocycles. The quantitative estimate of drug-likeness (QED) is 0.131. The van der Waals surface area contributed by atoms with E-state index >= 15 is 0 Å². The van der Waals surface area contributed by atoms with E-state index in [2.05, 4.69) is 176 Å². The number of aromatic nitrogens is 4. The van der Waals surface area contributed by atoms with E-state index in [0.717, 1.165) is 46.7 Å². The van der Waals surface area contributed by atoms with Gasteiger partial charge in [-0.25, -0.2) is 37.3 Å². The fourth-order valence-corrected chi connectivity index (χ4v) is 11.1. The Hall–Kier alpha value is -5.76. The first-order chi connectivity index (χ1) is 37.3. The average molecular weight is 1350 g/mol. The van der Waals surface area contributed by atoms with Crippen LogP contribution in [0.5, 0.6) is 0 Å². The van der Waals surface area contributed by atoms with Gasteiger partial charge in [0.15, 0.2) is 0 Å². The van der Waals surface area contributed by atoms with Gasteiger partial charge >= 0.3 is 44.8 Å². The summed E-state index contributed by atoms with van der Waals surface area (Å²) in [5, 5.41) is 13.1. The molecule has 0 saturated carbocycles. The second kappa shape index (κ2) is 41.3. The fraction of sp³-hybridized carbons (Fsp3) is 0.103. The number of rotatable bonds is 12. The van der Waals surface area contributed by atoms with Crippen LogP contribution < -0.4 is 69.1 Å². The van der Waals surface area contributed by atoms with Crippen molar-refractivity contribution in [2.75, 3.05) is 23.2 Å². The summed E-state index contributed by atoms with van der Waals surface area (Å²) in [4.78, 5) is 35.6. The molecular weight excluding hydrogens is 1290 g/mol. The minimum Gasteiger partial charge on any atom is -0.353 e. The normalized spacial score (nSPS) is 9.97. The average Bonchev–Trinajstić information content (AvgIpc) is 3.43. The minimum atomic E-state index is -4.94. The second-order valence-corrected chi connectivity index (χ2v) is 22.6. The first-order valence-electron chi connectivity index (χ1n) is 23.6. The molecule has 0 aliphatic rings. The number of nitrogens with zero attached hydrogens (tertiary/aromatic N) is 4. The summed E-state index contributed by atoms with van der Waals surface area (Å²) in [6.45, 7) is 6.11. The van der Waals surface area contributed by atoms with Crippen LogP contribution >= 0.6 is 15.8 Å². The van der Waals surface area contributed by atoms with Crippen LogP contribution in [-0.4, -0.2) is 44.1 Å². The molecule has 0 spiro atoms. The van der Waals surface area contributed by atoms with Crippen molar-refractivity contribution in [3.05, 3.63) is 243 Å². The Bertz CT molecular complexity index is 2610. The van der Waals surface area contributed by atoms with Crippen LogP contribution in [0.15, 0.2) is 243 Å². The smallest absolute Gasteiger partial charge is 0.353 e. The molecule has 0 radical (unpaired) electrons. The minimum absolute atomic E-state index is 0. The molecule has 0 unspecified atom stereocenters. The van der Waals surface area contributed by atoms with Gasteiger partial charge in [0.2, 0.25) is 0 Å². The fourth-order valence-electron chi connectivity index (χ4n) is 6.44. The van der Waals surface area contributed by atoms with Crippen LogP contribution in [0.1, 0.15) is 27.7 Å². The molecule has 16 nitrogen and oxygen atoms in total. The topological polar surface area (TPSA) is 294 Å². The number of benzene rings is 5. The van der Waals surface area contributed by atoms with Crippen LogP contribution in [0.25, 0.3) is 22.8 Å². The SMILES string of the molecule is CC(C)=O.CC(C)=O.[Ag+].[Ag+].[O-][Cl+3]([O-])([O-])[O-].[O-][Cl+3]([O-])([O-])[O-].c1ccc(-c2ccccn2)nc1.c1ccc(-c2ccccn2)nc1.c1ccc([PH+](CNc2ccc(NC[PH+](c3ccccc3)c3ccccc3)cc2)c2ccccc2)cc1. The summed E-state index contributed by atoms with van der Waals surface area (Å²) in [5.74, 6) is 0.333. The molecule has 4 aromatic heterocycles. The van der Waals surface area contributed by atoms with Crippen molar-refractivity contribution >= 4 is 60.0 Å². The van der Waals surface area contributed by atoms with E-state index in [1.807, 2.05) is 72.8 Å². The number of ketones is 2. The van der Waals surface area contributed by atoms with Crippen molar-refractivity contribution in [3.8, 4) is 22.8 Å². The van der Waals surface area contributed by atoms with Crippen LogP contribution in [0.2, 0.25) is 0 Å². The number of carbonyl (C=O) groups is 2. The van der Waals surface area contributed by atoms with Gasteiger partial charge in [0, 0.05) is 36.2 Å². The summed E-state index contributed by atoms with van der Waals surface area (Å²) in [6.07, 6.45) is 8.96. The van der Waals surface area contributed by atoms with Gasteiger partial charge in [0.05, 0.1) is 59.8 Å². The van der Waals surface area contributed by atoms with Gasteiger partial charge in [-0.1, -0.05) is 97.1 Å². The zero-order chi connectivity index (χ0) is 57.0. The maximum atomic E-state index is 9.44. The Labute approximate surface area is 505 Å². The monoisotopic (exact) mass is 1350 g/mol. The predicted octanol–water partition coefficient (Wildman–Crippen LogP) is 2.12. The van der Waals surface area contributed by atoms with Gasteiger partial charge in [-0.05, 0) is 149 Å². The molecule has 0 saturated heterocycles. The zero-order valence-electron chi connectivity index (χ0n) is 43.7. The number of hydrogen-bond donors (Lipinski definition) is 2. The van der Waals surface area contributed by atoms with E-state index in [4.69, 9.17) is 37.3 Å². The molecule has 0 amide bonds. The van der Waals surface area contributed by atoms with E-state index in [1.54, 1.807) is 24.8 Å². The number of pyridine rings is 4. The molecule has 0 atom stereocenters.